The van der Waals surface area contributed by atoms with Crippen LogP contribution in [0.3, 0.4) is 0 Å². The lowest BCUT2D eigenvalue weighted by Gasteiger charge is -2.18. The van der Waals surface area contributed by atoms with Gasteiger partial charge in [-0.05, 0) is 36.8 Å². The van der Waals surface area contributed by atoms with Gasteiger partial charge >= 0.3 is 5.97 Å². The van der Waals surface area contributed by atoms with Crippen molar-refractivity contribution in [3.8, 4) is 5.75 Å². The van der Waals surface area contributed by atoms with Crippen LogP contribution in [0.25, 0.3) is 11.0 Å². The summed E-state index contributed by atoms with van der Waals surface area (Å²) in [5, 5.41) is 0. The predicted molar refractivity (Wildman–Crippen MR) is 127 cm³/mol. The number of imidazole rings is 1. The lowest BCUT2D eigenvalue weighted by atomic mass is 10.2. The van der Waals surface area contributed by atoms with E-state index in [0.29, 0.717) is 30.9 Å². The number of nitrogens with zero attached hydrogens (tertiary/aromatic N) is 3. The van der Waals surface area contributed by atoms with E-state index in [1.165, 1.54) is 4.31 Å². The smallest absolute Gasteiger partial charge is 0.306 e. The normalized spacial score (nSPS) is 11.8. The molecule has 0 aliphatic heterocycles. The van der Waals surface area contributed by atoms with E-state index in [2.05, 4.69) is 4.98 Å². The molecule has 0 N–H and O–H groups in total. The van der Waals surface area contributed by atoms with E-state index in [-0.39, 0.29) is 30.5 Å². The Morgan fingerprint density at radius 3 is 2.52 bits per heavy atom. The standard InChI is InChI=1S/C24H31N3O5S/c1-5-27(6-2)33(29,30)19-11-12-21-20(17-19)25-23(26(21)4)13-14-24(28)32-16-15-31-22-10-8-7-9-18(22)3/h7-12,17H,5-6,13-16H2,1-4H3. The summed E-state index contributed by atoms with van der Waals surface area (Å²) in [6.07, 6.45) is 0.562. The number of esters is 1. The topological polar surface area (TPSA) is 90.7 Å². The fourth-order valence-corrected chi connectivity index (χ4v) is 5.12. The zero-order chi connectivity index (χ0) is 24.0. The van der Waals surface area contributed by atoms with Crippen molar-refractivity contribution in [3.05, 3.63) is 53.9 Å². The molecule has 0 atom stereocenters. The molecule has 3 aromatic rings. The van der Waals surface area contributed by atoms with Crippen LogP contribution in [0, 0.1) is 6.92 Å². The Labute approximate surface area is 195 Å². The SMILES string of the molecule is CCN(CC)S(=O)(=O)c1ccc2c(c1)nc(CCC(=O)OCCOc1ccccc1C)n2C. The maximum atomic E-state index is 12.8. The minimum Gasteiger partial charge on any atom is -0.490 e. The van der Waals surface area contributed by atoms with Gasteiger partial charge < -0.3 is 14.0 Å². The molecule has 0 fully saturated rings. The number of carbonyl (C=O) groups is 1. The van der Waals surface area contributed by atoms with Crippen molar-refractivity contribution in [2.75, 3.05) is 26.3 Å². The Morgan fingerprint density at radius 2 is 1.82 bits per heavy atom. The second-order valence-corrected chi connectivity index (χ2v) is 9.60. The summed E-state index contributed by atoms with van der Waals surface area (Å²) in [5.74, 6) is 1.13. The molecule has 0 saturated carbocycles. The molecule has 3 rings (SSSR count). The number of rotatable bonds is 11. The van der Waals surface area contributed by atoms with Gasteiger partial charge in [0, 0.05) is 26.6 Å². The van der Waals surface area contributed by atoms with E-state index in [9.17, 15) is 13.2 Å². The fourth-order valence-electron chi connectivity index (χ4n) is 3.64. The number of benzene rings is 2. The van der Waals surface area contributed by atoms with Crippen molar-refractivity contribution in [2.45, 2.75) is 38.5 Å². The molecule has 9 heteroatoms. The highest BCUT2D eigenvalue weighted by Crippen LogP contribution is 2.23. The predicted octanol–water partition coefficient (Wildman–Crippen LogP) is 3.47. The fraction of sp³-hybridized carbons (Fsp3) is 0.417. The largest absolute Gasteiger partial charge is 0.490 e. The van der Waals surface area contributed by atoms with E-state index in [1.807, 2.05) is 56.7 Å². The first-order valence-electron chi connectivity index (χ1n) is 11.1. The summed E-state index contributed by atoms with van der Waals surface area (Å²) in [6, 6.07) is 12.6. The monoisotopic (exact) mass is 473 g/mol. The van der Waals surface area contributed by atoms with Gasteiger partial charge in [-0.3, -0.25) is 4.79 Å². The first-order chi connectivity index (χ1) is 15.8. The minimum absolute atomic E-state index is 0.169. The summed E-state index contributed by atoms with van der Waals surface area (Å²) >= 11 is 0. The molecule has 0 bridgehead atoms. The molecule has 0 aliphatic carbocycles. The van der Waals surface area contributed by atoms with Gasteiger partial charge in [-0.1, -0.05) is 32.0 Å². The molecule has 0 saturated heterocycles. The number of aromatic nitrogens is 2. The summed E-state index contributed by atoms with van der Waals surface area (Å²) in [6.45, 7) is 6.85. The van der Waals surface area contributed by atoms with E-state index < -0.39 is 10.0 Å². The van der Waals surface area contributed by atoms with E-state index >= 15 is 0 Å². The Hall–Kier alpha value is -2.91. The van der Waals surface area contributed by atoms with Gasteiger partial charge in [-0.15, -0.1) is 0 Å². The van der Waals surface area contributed by atoms with Crippen molar-refractivity contribution in [1.82, 2.24) is 13.9 Å². The molecule has 8 nitrogen and oxygen atoms in total. The molecule has 0 unspecified atom stereocenters. The number of hydrogen-bond acceptors (Lipinski definition) is 6. The van der Waals surface area contributed by atoms with Gasteiger partial charge in [-0.2, -0.15) is 4.31 Å². The first kappa shape index (κ1) is 24.7. The summed E-state index contributed by atoms with van der Waals surface area (Å²) in [7, 11) is -1.71. The van der Waals surface area contributed by atoms with Gasteiger partial charge in [0.1, 0.15) is 24.8 Å². The highest BCUT2D eigenvalue weighted by atomic mass is 32.2. The van der Waals surface area contributed by atoms with Crippen LogP contribution in [0.4, 0.5) is 0 Å². The summed E-state index contributed by atoms with van der Waals surface area (Å²) in [4.78, 5) is 16.9. The van der Waals surface area contributed by atoms with Crippen molar-refractivity contribution < 1.29 is 22.7 Å². The molecule has 1 heterocycles. The van der Waals surface area contributed by atoms with Crippen LogP contribution in [0.5, 0.6) is 5.75 Å². The lowest BCUT2D eigenvalue weighted by Crippen LogP contribution is -2.30. The zero-order valence-electron chi connectivity index (χ0n) is 19.6. The quantitative estimate of drug-likeness (QED) is 0.313. The Balaban J connectivity index is 1.58. The third kappa shape index (κ3) is 5.72. The van der Waals surface area contributed by atoms with E-state index in [0.717, 1.165) is 16.8 Å². The number of para-hydroxylation sites is 1. The van der Waals surface area contributed by atoms with Crippen LogP contribution in [0.15, 0.2) is 47.4 Å². The third-order valence-electron chi connectivity index (χ3n) is 5.54. The van der Waals surface area contributed by atoms with E-state index in [4.69, 9.17) is 9.47 Å². The number of carbonyl (C=O) groups excluding carboxylic acids is 1. The van der Waals surface area contributed by atoms with Gasteiger partial charge in [0.15, 0.2) is 0 Å². The molecule has 0 aliphatic rings. The number of aryl methyl sites for hydroxylation is 3. The number of ether oxygens (including phenoxy) is 2. The molecule has 0 spiro atoms. The van der Waals surface area contributed by atoms with E-state index in [1.54, 1.807) is 18.2 Å². The molecular weight excluding hydrogens is 442 g/mol. The van der Waals surface area contributed by atoms with Crippen LogP contribution in [0.1, 0.15) is 31.7 Å². The molecule has 33 heavy (non-hydrogen) atoms. The Bertz CT molecular complexity index is 1220. The highest BCUT2D eigenvalue weighted by Gasteiger charge is 2.22. The molecular formula is C24H31N3O5S. The maximum absolute atomic E-state index is 12.8. The Kier molecular flexibility index (Phi) is 8.10. The average molecular weight is 474 g/mol. The van der Waals surface area contributed by atoms with Crippen molar-refractivity contribution in [1.29, 1.82) is 0 Å². The number of fused-ring (bicyclic) bond motifs is 1. The Morgan fingerprint density at radius 1 is 1.09 bits per heavy atom. The number of hydrogen-bond donors (Lipinski definition) is 0. The van der Waals surface area contributed by atoms with Gasteiger partial charge in [0.05, 0.1) is 22.3 Å². The third-order valence-corrected chi connectivity index (χ3v) is 7.58. The van der Waals surface area contributed by atoms with Crippen LogP contribution >= 0.6 is 0 Å². The van der Waals surface area contributed by atoms with Crippen LogP contribution in [0.2, 0.25) is 0 Å². The second kappa shape index (κ2) is 10.8. The number of sulfonamides is 1. The summed E-state index contributed by atoms with van der Waals surface area (Å²) < 4.78 is 39.8. The van der Waals surface area contributed by atoms with Crippen molar-refractivity contribution in [3.63, 3.8) is 0 Å². The molecule has 0 radical (unpaired) electrons. The molecule has 178 valence electrons. The van der Waals surface area contributed by atoms with Crippen molar-refractivity contribution >= 4 is 27.0 Å². The molecule has 2 aromatic carbocycles. The first-order valence-corrected chi connectivity index (χ1v) is 12.5. The zero-order valence-corrected chi connectivity index (χ0v) is 20.4. The van der Waals surface area contributed by atoms with Gasteiger partial charge in [-0.25, -0.2) is 13.4 Å². The summed E-state index contributed by atoms with van der Waals surface area (Å²) in [5.41, 5.74) is 2.42. The minimum atomic E-state index is -3.56. The second-order valence-electron chi connectivity index (χ2n) is 7.66. The lowest BCUT2D eigenvalue weighted by molar-refractivity contribution is -0.144. The average Bonchev–Trinajstić information content (AvgIpc) is 3.12. The maximum Gasteiger partial charge on any atom is 0.306 e. The molecule has 0 amide bonds. The van der Waals surface area contributed by atoms with Crippen LogP contribution in [-0.4, -0.2) is 54.5 Å². The highest BCUT2D eigenvalue weighted by molar-refractivity contribution is 7.89. The van der Waals surface area contributed by atoms with Gasteiger partial charge in [0.25, 0.3) is 0 Å². The van der Waals surface area contributed by atoms with Crippen LogP contribution < -0.4 is 4.74 Å². The van der Waals surface area contributed by atoms with Gasteiger partial charge in [0.2, 0.25) is 10.0 Å². The molecule has 1 aromatic heterocycles. The van der Waals surface area contributed by atoms with Crippen molar-refractivity contribution in [2.24, 2.45) is 7.05 Å². The van der Waals surface area contributed by atoms with Crippen LogP contribution in [-0.2, 0) is 33.0 Å².